The van der Waals surface area contributed by atoms with Crippen molar-refractivity contribution in [2.45, 2.75) is 83.5 Å². The van der Waals surface area contributed by atoms with Gasteiger partial charge in [0.05, 0.1) is 29.0 Å². The molecule has 0 bridgehead atoms. The van der Waals surface area contributed by atoms with E-state index in [9.17, 15) is 14.7 Å². The van der Waals surface area contributed by atoms with Crippen LogP contribution < -0.4 is 5.56 Å². The fourth-order valence-electron chi connectivity index (χ4n) is 6.34. The summed E-state index contributed by atoms with van der Waals surface area (Å²) in [6.45, 7) is 2.05. The number of pyridine rings is 2. The van der Waals surface area contributed by atoms with Gasteiger partial charge < -0.3 is 14.4 Å². The van der Waals surface area contributed by atoms with Crippen LogP contribution in [0.3, 0.4) is 0 Å². The van der Waals surface area contributed by atoms with Crippen LogP contribution in [0.1, 0.15) is 80.5 Å². The first-order valence-electron chi connectivity index (χ1n) is 13.1. The predicted molar refractivity (Wildman–Crippen MR) is 134 cm³/mol. The van der Waals surface area contributed by atoms with Gasteiger partial charge in [-0.05, 0) is 48.9 Å². The summed E-state index contributed by atoms with van der Waals surface area (Å²) in [6.07, 6.45) is 10.6. The molecule has 0 amide bonds. The number of aromatic nitrogens is 2. The summed E-state index contributed by atoms with van der Waals surface area (Å²) in [4.78, 5) is 30.7. The van der Waals surface area contributed by atoms with E-state index in [1.807, 2.05) is 6.07 Å². The molecule has 2 aliphatic heterocycles. The number of benzene rings is 1. The van der Waals surface area contributed by atoms with Crippen molar-refractivity contribution in [1.82, 2.24) is 9.55 Å². The molecule has 6 heteroatoms. The van der Waals surface area contributed by atoms with Crippen LogP contribution in [0.4, 0.5) is 0 Å². The summed E-state index contributed by atoms with van der Waals surface area (Å²) in [5.74, 6) is 0.186. The van der Waals surface area contributed by atoms with Gasteiger partial charge in [-0.25, -0.2) is 9.78 Å². The first-order valence-corrected chi connectivity index (χ1v) is 13.1. The number of hydrogen-bond donors (Lipinski definition) is 1. The third-order valence-electron chi connectivity index (χ3n) is 8.43. The summed E-state index contributed by atoms with van der Waals surface area (Å²) in [5.41, 5.74) is 3.36. The number of carbonyl (C=O) groups excluding carboxylic acids is 1. The number of ether oxygens (including phenoxy) is 1. The molecule has 182 valence electrons. The lowest BCUT2D eigenvalue weighted by Gasteiger charge is -2.31. The Balaban J connectivity index is 1.36. The van der Waals surface area contributed by atoms with E-state index in [0.717, 1.165) is 34.5 Å². The van der Waals surface area contributed by atoms with Gasteiger partial charge in [0.2, 0.25) is 0 Å². The monoisotopic (exact) mass is 472 g/mol. The predicted octanol–water partition coefficient (Wildman–Crippen LogP) is 4.98. The average molecular weight is 473 g/mol. The van der Waals surface area contributed by atoms with E-state index in [-0.39, 0.29) is 18.6 Å². The number of rotatable bonds is 5. The van der Waals surface area contributed by atoms with Crippen molar-refractivity contribution in [2.24, 2.45) is 5.92 Å². The molecule has 4 heterocycles. The van der Waals surface area contributed by atoms with Crippen LogP contribution in [-0.2, 0) is 34.7 Å². The zero-order valence-electron chi connectivity index (χ0n) is 20.3. The Hall–Kier alpha value is -2.99. The Morgan fingerprint density at radius 3 is 2.80 bits per heavy atom. The van der Waals surface area contributed by atoms with Crippen molar-refractivity contribution >= 4 is 16.9 Å². The van der Waals surface area contributed by atoms with Gasteiger partial charge in [0, 0.05) is 16.5 Å². The van der Waals surface area contributed by atoms with E-state index in [1.54, 1.807) is 17.6 Å². The number of carbonyl (C=O) groups is 1. The molecule has 3 aromatic rings. The summed E-state index contributed by atoms with van der Waals surface area (Å²) >= 11 is 0. The number of hydrogen-bond acceptors (Lipinski definition) is 5. The molecular formula is C29H32N2O4. The van der Waals surface area contributed by atoms with Crippen LogP contribution in [0.25, 0.3) is 22.3 Å². The lowest BCUT2D eigenvalue weighted by Crippen LogP contribution is -2.44. The summed E-state index contributed by atoms with van der Waals surface area (Å²) < 4.78 is 6.87. The first kappa shape index (κ1) is 22.5. The van der Waals surface area contributed by atoms with Crippen molar-refractivity contribution < 1.29 is 14.6 Å². The van der Waals surface area contributed by atoms with Crippen molar-refractivity contribution in [1.29, 1.82) is 0 Å². The highest BCUT2D eigenvalue weighted by atomic mass is 16.6. The van der Waals surface area contributed by atoms with Gasteiger partial charge in [-0.3, -0.25) is 4.79 Å². The fourth-order valence-corrected chi connectivity index (χ4v) is 6.34. The van der Waals surface area contributed by atoms with Gasteiger partial charge in [-0.2, -0.15) is 0 Å². The third kappa shape index (κ3) is 3.61. The summed E-state index contributed by atoms with van der Waals surface area (Å²) in [6, 6.07) is 10.3. The minimum Gasteiger partial charge on any atom is -0.458 e. The standard InChI is InChI=1S/C29H32N2O4/c1-2-29(34)23-15-25-26-20(16-31(25)27(32)22(23)17-35-28(29)33)14-21-19(12-7-13-24(21)30-26)11-6-10-18-8-4-3-5-9-18/h7,12-15,18,34H,2-6,8-11,16-17H2,1H3/t29-/m0/s1. The smallest absolute Gasteiger partial charge is 0.343 e. The Morgan fingerprint density at radius 1 is 1.17 bits per heavy atom. The number of esters is 1. The minimum absolute atomic E-state index is 0.105. The van der Waals surface area contributed by atoms with E-state index in [1.165, 1.54) is 50.5 Å². The van der Waals surface area contributed by atoms with E-state index in [2.05, 4.69) is 18.2 Å². The van der Waals surface area contributed by atoms with Crippen LogP contribution in [0.2, 0.25) is 0 Å². The van der Waals surface area contributed by atoms with Gasteiger partial charge in [0.15, 0.2) is 5.60 Å². The molecule has 6 rings (SSSR count). The average Bonchev–Trinajstić information content (AvgIpc) is 3.24. The van der Waals surface area contributed by atoms with Crippen LogP contribution in [-0.4, -0.2) is 20.6 Å². The van der Waals surface area contributed by atoms with Crippen LogP contribution >= 0.6 is 0 Å². The van der Waals surface area contributed by atoms with Gasteiger partial charge in [0.25, 0.3) is 5.56 Å². The summed E-state index contributed by atoms with van der Waals surface area (Å²) in [7, 11) is 0. The number of aliphatic hydroxyl groups is 1. The molecule has 1 N–H and O–H groups in total. The number of fused-ring (bicyclic) bond motifs is 5. The molecule has 0 saturated heterocycles. The Morgan fingerprint density at radius 2 is 2.00 bits per heavy atom. The topological polar surface area (TPSA) is 81.4 Å². The van der Waals surface area contributed by atoms with Crippen LogP contribution in [0.15, 0.2) is 35.1 Å². The van der Waals surface area contributed by atoms with E-state index >= 15 is 0 Å². The molecule has 3 aliphatic rings. The molecule has 1 fully saturated rings. The first-order chi connectivity index (χ1) is 17.0. The Labute approximate surface area is 205 Å². The van der Waals surface area contributed by atoms with Gasteiger partial charge in [0.1, 0.15) is 6.61 Å². The molecule has 2 aromatic heterocycles. The quantitative estimate of drug-likeness (QED) is 0.414. The highest BCUT2D eigenvalue weighted by molar-refractivity contribution is 5.88. The van der Waals surface area contributed by atoms with Gasteiger partial charge in [-0.1, -0.05) is 57.6 Å². The van der Waals surface area contributed by atoms with Gasteiger partial charge >= 0.3 is 5.97 Å². The highest BCUT2D eigenvalue weighted by Crippen LogP contribution is 2.39. The zero-order chi connectivity index (χ0) is 24.2. The van der Waals surface area contributed by atoms with Crippen molar-refractivity contribution in [2.75, 3.05) is 0 Å². The second kappa shape index (κ2) is 8.59. The largest absolute Gasteiger partial charge is 0.458 e. The van der Waals surface area contributed by atoms with E-state index < -0.39 is 11.6 Å². The zero-order valence-corrected chi connectivity index (χ0v) is 20.3. The molecule has 1 atom stereocenters. The molecule has 1 aromatic carbocycles. The second-order valence-corrected chi connectivity index (χ2v) is 10.5. The molecule has 1 aliphatic carbocycles. The van der Waals surface area contributed by atoms with Crippen LogP contribution in [0, 0.1) is 5.92 Å². The van der Waals surface area contributed by atoms with Crippen molar-refractivity contribution in [3.8, 4) is 11.4 Å². The normalized spacial score (nSPS) is 21.5. The third-order valence-corrected chi connectivity index (χ3v) is 8.43. The highest BCUT2D eigenvalue weighted by Gasteiger charge is 2.45. The minimum atomic E-state index is -1.80. The number of nitrogens with zero attached hydrogens (tertiary/aromatic N) is 2. The van der Waals surface area contributed by atoms with Crippen molar-refractivity contribution in [3.05, 3.63) is 62.9 Å². The number of aryl methyl sites for hydroxylation is 1. The molecular weight excluding hydrogens is 440 g/mol. The van der Waals surface area contributed by atoms with Crippen LogP contribution in [0.5, 0.6) is 0 Å². The Kier molecular flexibility index (Phi) is 5.52. The molecule has 0 radical (unpaired) electrons. The second-order valence-electron chi connectivity index (χ2n) is 10.5. The molecule has 0 spiro atoms. The SMILES string of the molecule is CC[C@@]1(O)C(=O)OCc2c1cc1n(c2=O)Cc2cc3c(CCCC4CCCCC4)cccc3nc2-1. The fraction of sp³-hybridized carbons (Fsp3) is 0.483. The maximum absolute atomic E-state index is 13.4. The molecule has 0 unspecified atom stereocenters. The van der Waals surface area contributed by atoms with Gasteiger partial charge in [-0.15, -0.1) is 0 Å². The molecule has 1 saturated carbocycles. The maximum atomic E-state index is 13.4. The van der Waals surface area contributed by atoms with Crippen molar-refractivity contribution in [3.63, 3.8) is 0 Å². The number of cyclic esters (lactones) is 1. The summed E-state index contributed by atoms with van der Waals surface area (Å²) in [5, 5.41) is 12.2. The molecule has 6 nitrogen and oxygen atoms in total. The van der Waals surface area contributed by atoms with E-state index in [4.69, 9.17) is 9.72 Å². The molecule has 35 heavy (non-hydrogen) atoms. The maximum Gasteiger partial charge on any atom is 0.343 e. The lowest BCUT2D eigenvalue weighted by molar-refractivity contribution is -0.172. The lowest BCUT2D eigenvalue weighted by atomic mass is 9.85. The van der Waals surface area contributed by atoms with E-state index in [0.29, 0.717) is 23.4 Å². The Bertz CT molecular complexity index is 1390.